The van der Waals surface area contributed by atoms with Gasteiger partial charge in [0.05, 0.1) is 11.7 Å². The Hall–Kier alpha value is -2.43. The highest BCUT2D eigenvalue weighted by Gasteiger charge is 2.33. The third-order valence-corrected chi connectivity index (χ3v) is 7.74. The first-order chi connectivity index (χ1) is 14.4. The fraction of sp³-hybridized carbons (Fsp3) is 0.350. The van der Waals surface area contributed by atoms with Crippen molar-refractivity contribution in [1.29, 1.82) is 0 Å². The Kier molecular flexibility index (Phi) is 5.81. The van der Waals surface area contributed by atoms with E-state index in [0.717, 1.165) is 17.3 Å². The van der Waals surface area contributed by atoms with Gasteiger partial charge < -0.3 is 4.90 Å². The number of amides is 1. The van der Waals surface area contributed by atoms with E-state index >= 15 is 0 Å². The van der Waals surface area contributed by atoms with E-state index in [2.05, 4.69) is 8.75 Å². The van der Waals surface area contributed by atoms with Gasteiger partial charge in [-0.25, -0.2) is 12.8 Å². The van der Waals surface area contributed by atoms with Gasteiger partial charge in [-0.15, -0.1) is 0 Å². The molecule has 1 atom stereocenters. The second-order valence-electron chi connectivity index (χ2n) is 7.35. The van der Waals surface area contributed by atoms with Crippen molar-refractivity contribution in [3.05, 3.63) is 53.8 Å². The fourth-order valence-electron chi connectivity index (χ4n) is 3.69. The number of hydrogen-bond acceptors (Lipinski definition) is 6. The van der Waals surface area contributed by atoms with E-state index in [1.54, 1.807) is 29.2 Å². The molecule has 30 heavy (non-hydrogen) atoms. The molecular formula is C20H21FN4O3S2. The molecule has 0 N–H and O–H groups in total. The van der Waals surface area contributed by atoms with E-state index in [4.69, 9.17) is 0 Å². The van der Waals surface area contributed by atoms with Crippen LogP contribution in [0, 0.1) is 11.7 Å². The van der Waals surface area contributed by atoms with Crippen molar-refractivity contribution in [2.45, 2.75) is 18.2 Å². The fourth-order valence-corrected chi connectivity index (χ4v) is 5.87. The van der Waals surface area contributed by atoms with Crippen molar-refractivity contribution >= 4 is 38.7 Å². The first-order valence-corrected chi connectivity index (χ1v) is 11.8. The molecule has 10 heteroatoms. The zero-order valence-electron chi connectivity index (χ0n) is 16.4. The van der Waals surface area contributed by atoms with Crippen molar-refractivity contribution in [1.82, 2.24) is 18.0 Å². The molecule has 0 bridgehead atoms. The number of carbonyl (C=O) groups is 1. The molecule has 7 nitrogen and oxygen atoms in total. The molecule has 1 amide bonds. The molecule has 2 heterocycles. The average Bonchev–Trinajstić information content (AvgIpc) is 3.22. The Bertz CT molecular complexity index is 1170. The van der Waals surface area contributed by atoms with Gasteiger partial charge in [0, 0.05) is 32.1 Å². The Morgan fingerprint density at radius 3 is 2.60 bits per heavy atom. The number of piperazine rings is 1. The monoisotopic (exact) mass is 448 g/mol. The first kappa shape index (κ1) is 20.8. The van der Waals surface area contributed by atoms with Gasteiger partial charge in [0.1, 0.15) is 21.7 Å². The van der Waals surface area contributed by atoms with E-state index in [1.165, 1.54) is 22.5 Å². The summed E-state index contributed by atoms with van der Waals surface area (Å²) in [5.41, 5.74) is 1.70. The molecule has 158 valence electrons. The minimum atomic E-state index is -3.72. The molecule has 1 saturated heterocycles. The van der Waals surface area contributed by atoms with Crippen LogP contribution in [0.3, 0.4) is 0 Å². The van der Waals surface area contributed by atoms with Crippen LogP contribution >= 0.6 is 11.7 Å². The van der Waals surface area contributed by atoms with Crippen LogP contribution < -0.4 is 0 Å². The van der Waals surface area contributed by atoms with E-state index in [1.807, 2.05) is 6.92 Å². The molecule has 0 saturated carbocycles. The highest BCUT2D eigenvalue weighted by atomic mass is 32.2. The third kappa shape index (κ3) is 4.07. The van der Waals surface area contributed by atoms with Gasteiger partial charge in [-0.1, -0.05) is 25.1 Å². The minimum Gasteiger partial charge on any atom is -0.340 e. The van der Waals surface area contributed by atoms with Gasteiger partial charge in [0.2, 0.25) is 15.9 Å². The number of rotatable bonds is 5. The summed E-state index contributed by atoms with van der Waals surface area (Å²) in [5.74, 6) is -0.691. The maximum absolute atomic E-state index is 13.4. The van der Waals surface area contributed by atoms with Gasteiger partial charge in [0.15, 0.2) is 0 Å². The van der Waals surface area contributed by atoms with E-state index in [0.29, 0.717) is 30.5 Å². The molecule has 1 unspecified atom stereocenters. The van der Waals surface area contributed by atoms with Gasteiger partial charge >= 0.3 is 0 Å². The highest BCUT2D eigenvalue weighted by molar-refractivity contribution is 7.89. The molecule has 0 radical (unpaired) electrons. The van der Waals surface area contributed by atoms with Crippen LogP contribution in [0.25, 0.3) is 11.0 Å². The predicted molar refractivity (Wildman–Crippen MR) is 112 cm³/mol. The highest BCUT2D eigenvalue weighted by Crippen LogP contribution is 2.25. The van der Waals surface area contributed by atoms with Crippen LogP contribution in [0.2, 0.25) is 0 Å². The van der Waals surface area contributed by atoms with Crippen molar-refractivity contribution in [3.63, 3.8) is 0 Å². The van der Waals surface area contributed by atoms with Crippen molar-refractivity contribution in [2.24, 2.45) is 5.92 Å². The lowest BCUT2D eigenvalue weighted by atomic mass is 9.99. The number of halogens is 1. The summed E-state index contributed by atoms with van der Waals surface area (Å²) >= 11 is 0.979. The maximum atomic E-state index is 13.4. The zero-order chi connectivity index (χ0) is 21.3. The van der Waals surface area contributed by atoms with Gasteiger partial charge in [-0.3, -0.25) is 4.79 Å². The lowest BCUT2D eigenvalue weighted by Gasteiger charge is -2.35. The summed E-state index contributed by atoms with van der Waals surface area (Å²) in [6.07, 6.45) is 0.438. The van der Waals surface area contributed by atoms with E-state index in [-0.39, 0.29) is 35.6 Å². The Morgan fingerprint density at radius 1 is 1.13 bits per heavy atom. The minimum absolute atomic E-state index is 0.0536. The molecule has 2 aromatic carbocycles. The van der Waals surface area contributed by atoms with Crippen LogP contribution in [-0.2, 0) is 21.2 Å². The van der Waals surface area contributed by atoms with Gasteiger partial charge in [-0.05, 0) is 36.2 Å². The van der Waals surface area contributed by atoms with Crippen molar-refractivity contribution in [3.8, 4) is 0 Å². The summed E-state index contributed by atoms with van der Waals surface area (Å²) < 4.78 is 49.2. The Morgan fingerprint density at radius 2 is 1.87 bits per heavy atom. The Labute approximate surface area is 178 Å². The molecular weight excluding hydrogens is 427 g/mol. The summed E-state index contributed by atoms with van der Waals surface area (Å²) in [5, 5.41) is 0. The second-order valence-corrected chi connectivity index (χ2v) is 9.79. The third-order valence-electron chi connectivity index (χ3n) is 5.27. The van der Waals surface area contributed by atoms with Crippen molar-refractivity contribution < 1.29 is 17.6 Å². The molecule has 0 spiro atoms. The molecule has 1 aliphatic rings. The van der Waals surface area contributed by atoms with E-state index in [9.17, 15) is 17.6 Å². The van der Waals surface area contributed by atoms with Crippen LogP contribution in [0.4, 0.5) is 4.39 Å². The lowest BCUT2D eigenvalue weighted by molar-refractivity contribution is -0.136. The van der Waals surface area contributed by atoms with Crippen LogP contribution in [0.5, 0.6) is 0 Å². The van der Waals surface area contributed by atoms with Crippen molar-refractivity contribution in [2.75, 3.05) is 26.2 Å². The number of benzene rings is 2. The SMILES string of the molecule is CC(Cc1cccc(F)c1)C(=O)N1CCN(S(=O)(=O)c2cccc3nsnc23)CC1. The molecule has 1 aromatic heterocycles. The molecule has 1 aliphatic heterocycles. The predicted octanol–water partition coefficient (Wildman–Crippen LogP) is 2.54. The van der Waals surface area contributed by atoms with E-state index < -0.39 is 10.0 Å². The summed E-state index contributed by atoms with van der Waals surface area (Å²) in [4.78, 5) is 14.6. The molecule has 1 fully saturated rings. The summed E-state index contributed by atoms with van der Waals surface area (Å²) in [6.45, 7) is 2.88. The van der Waals surface area contributed by atoms with Crippen LogP contribution in [0.1, 0.15) is 12.5 Å². The molecule has 0 aliphatic carbocycles. The standard InChI is InChI=1S/C20H21FN4O3S2/c1-14(12-15-4-2-5-16(21)13-15)20(26)24-8-10-25(11-9-24)30(27,28)18-7-3-6-17-19(18)23-29-22-17/h2-7,13-14H,8-12H2,1H3. The normalized spacial score (nSPS) is 16.7. The smallest absolute Gasteiger partial charge is 0.245 e. The average molecular weight is 449 g/mol. The quantitative estimate of drug-likeness (QED) is 0.599. The second kappa shape index (κ2) is 8.37. The topological polar surface area (TPSA) is 83.5 Å². The number of carbonyl (C=O) groups excluding carboxylic acids is 1. The number of sulfonamides is 1. The van der Waals surface area contributed by atoms with Gasteiger partial charge in [-0.2, -0.15) is 13.1 Å². The maximum Gasteiger partial charge on any atom is 0.245 e. The Balaban J connectivity index is 1.42. The lowest BCUT2D eigenvalue weighted by Crippen LogP contribution is -2.51. The number of fused-ring (bicyclic) bond motifs is 1. The number of nitrogens with zero attached hydrogens (tertiary/aromatic N) is 4. The van der Waals surface area contributed by atoms with Crippen LogP contribution in [0.15, 0.2) is 47.4 Å². The summed E-state index contributed by atoms with van der Waals surface area (Å²) in [7, 11) is -3.72. The van der Waals surface area contributed by atoms with Crippen LogP contribution in [-0.4, -0.2) is 58.5 Å². The molecule has 4 rings (SSSR count). The largest absolute Gasteiger partial charge is 0.340 e. The van der Waals surface area contributed by atoms with Gasteiger partial charge in [0.25, 0.3) is 0 Å². The molecule has 3 aromatic rings. The number of hydrogen-bond donors (Lipinski definition) is 0. The first-order valence-electron chi connectivity index (χ1n) is 9.61. The summed E-state index contributed by atoms with van der Waals surface area (Å²) in [6, 6.07) is 11.2. The zero-order valence-corrected chi connectivity index (χ0v) is 18.0. The number of aromatic nitrogens is 2.